The van der Waals surface area contributed by atoms with Crippen molar-refractivity contribution in [3.63, 3.8) is 0 Å². The molecule has 23 heavy (non-hydrogen) atoms. The molecule has 2 heterocycles. The third-order valence-corrected chi connectivity index (χ3v) is 7.55. The summed E-state index contributed by atoms with van der Waals surface area (Å²) in [6, 6.07) is 6.47. The minimum absolute atomic E-state index is 0.426. The molecule has 1 nitrogen and oxygen atoms in total. The second-order valence-corrected chi connectivity index (χ2v) is 8.48. The fourth-order valence-electron chi connectivity index (χ4n) is 4.44. The molecule has 4 rings (SSSR count). The summed E-state index contributed by atoms with van der Waals surface area (Å²) in [4.78, 5) is 2.66. The Labute approximate surface area is 139 Å². The molecule has 2 aliphatic heterocycles. The van der Waals surface area contributed by atoms with Crippen molar-refractivity contribution in [2.45, 2.75) is 43.8 Å². The summed E-state index contributed by atoms with van der Waals surface area (Å²) in [7, 11) is 0. The largest absolute Gasteiger partial charge is 0.416 e. The normalized spacial score (nSPS) is 30.7. The minimum Gasteiger partial charge on any atom is -0.300 e. The van der Waals surface area contributed by atoms with Gasteiger partial charge in [0.1, 0.15) is 0 Å². The van der Waals surface area contributed by atoms with Gasteiger partial charge in [-0.1, -0.05) is 12.1 Å². The van der Waals surface area contributed by atoms with Gasteiger partial charge in [0.15, 0.2) is 0 Å². The van der Waals surface area contributed by atoms with Gasteiger partial charge in [0.25, 0.3) is 0 Å². The van der Waals surface area contributed by atoms with Crippen LogP contribution < -0.4 is 0 Å². The van der Waals surface area contributed by atoms with E-state index in [-0.39, 0.29) is 0 Å². The summed E-state index contributed by atoms with van der Waals surface area (Å²) in [5, 5.41) is 0. The van der Waals surface area contributed by atoms with E-state index in [1.807, 2.05) is 0 Å². The molecule has 0 N–H and O–H groups in total. The van der Waals surface area contributed by atoms with Gasteiger partial charge in [-0.05, 0) is 55.8 Å². The minimum atomic E-state index is -4.23. The summed E-state index contributed by atoms with van der Waals surface area (Å²) >= 11 is 2.06. The van der Waals surface area contributed by atoms with Crippen LogP contribution in [0.3, 0.4) is 0 Å². The molecule has 1 saturated carbocycles. The van der Waals surface area contributed by atoms with Gasteiger partial charge in [0.2, 0.25) is 0 Å². The lowest BCUT2D eigenvalue weighted by molar-refractivity contribution is -0.137. The van der Waals surface area contributed by atoms with Gasteiger partial charge in [0, 0.05) is 29.5 Å². The van der Waals surface area contributed by atoms with Crippen LogP contribution in [-0.4, -0.2) is 35.5 Å². The highest BCUT2D eigenvalue weighted by Crippen LogP contribution is 2.48. The zero-order chi connectivity index (χ0) is 16.1. The van der Waals surface area contributed by atoms with Crippen LogP contribution in [0.4, 0.5) is 13.2 Å². The molecule has 0 amide bonds. The number of halogens is 3. The van der Waals surface area contributed by atoms with Crippen molar-refractivity contribution in [3.8, 4) is 0 Å². The van der Waals surface area contributed by atoms with Gasteiger partial charge >= 0.3 is 6.18 Å². The van der Waals surface area contributed by atoms with Crippen molar-refractivity contribution in [1.82, 2.24) is 4.90 Å². The van der Waals surface area contributed by atoms with Gasteiger partial charge in [0.05, 0.1) is 5.56 Å². The van der Waals surface area contributed by atoms with Crippen molar-refractivity contribution in [1.29, 1.82) is 0 Å². The van der Waals surface area contributed by atoms with Crippen molar-refractivity contribution < 1.29 is 13.2 Å². The van der Waals surface area contributed by atoms with Crippen molar-refractivity contribution in [2.24, 2.45) is 5.41 Å². The summed E-state index contributed by atoms with van der Waals surface area (Å²) in [6.07, 6.45) is 0.501. The Morgan fingerprint density at radius 1 is 1.09 bits per heavy atom. The van der Waals surface area contributed by atoms with Crippen LogP contribution in [0.1, 0.15) is 42.7 Å². The Balaban J connectivity index is 1.38. The zero-order valence-electron chi connectivity index (χ0n) is 13.1. The second kappa shape index (κ2) is 5.69. The number of nitrogens with zero attached hydrogens (tertiary/aromatic N) is 1. The maximum atomic E-state index is 12.7. The molecule has 1 unspecified atom stereocenters. The van der Waals surface area contributed by atoms with E-state index in [1.54, 1.807) is 12.1 Å². The van der Waals surface area contributed by atoms with E-state index in [2.05, 4.69) is 16.7 Å². The van der Waals surface area contributed by atoms with Crippen LogP contribution >= 0.6 is 11.8 Å². The molecule has 5 heteroatoms. The van der Waals surface area contributed by atoms with E-state index in [1.165, 1.54) is 49.6 Å². The van der Waals surface area contributed by atoms with Gasteiger partial charge in [-0.3, -0.25) is 4.90 Å². The third kappa shape index (κ3) is 3.02. The Bertz CT molecular complexity index is 565. The summed E-state index contributed by atoms with van der Waals surface area (Å²) < 4.78 is 38.0. The molecule has 0 radical (unpaired) electrons. The first-order valence-corrected chi connectivity index (χ1v) is 9.60. The fraction of sp³-hybridized carbons (Fsp3) is 0.667. The van der Waals surface area contributed by atoms with E-state index in [0.29, 0.717) is 17.4 Å². The van der Waals surface area contributed by atoms with Crippen molar-refractivity contribution in [2.75, 3.05) is 24.6 Å². The van der Waals surface area contributed by atoms with E-state index >= 15 is 0 Å². The third-order valence-electron chi connectivity index (χ3n) is 5.92. The molecule has 0 aromatic heterocycles. The molecule has 1 spiro atoms. The molecule has 2 saturated heterocycles. The number of hydrogen-bond acceptors (Lipinski definition) is 2. The fourth-order valence-corrected chi connectivity index (χ4v) is 5.70. The number of likely N-dealkylation sites (tertiary alicyclic amines) is 1. The first kappa shape index (κ1) is 15.8. The zero-order valence-corrected chi connectivity index (χ0v) is 13.9. The van der Waals surface area contributed by atoms with Crippen LogP contribution in [-0.2, 0) is 6.18 Å². The van der Waals surface area contributed by atoms with Crippen LogP contribution in [0, 0.1) is 5.41 Å². The highest BCUT2D eigenvalue weighted by Gasteiger charge is 2.46. The average Bonchev–Trinajstić information content (AvgIpc) is 3.13. The van der Waals surface area contributed by atoms with E-state index < -0.39 is 11.7 Å². The van der Waals surface area contributed by atoms with E-state index in [4.69, 9.17) is 0 Å². The topological polar surface area (TPSA) is 3.24 Å². The molecule has 0 bridgehead atoms. The number of thioether (sulfide) groups is 1. The van der Waals surface area contributed by atoms with Gasteiger partial charge in [-0.15, -0.1) is 0 Å². The standard InChI is InChI=1S/C18H22F3NS/c19-18(20,21)15-4-1-13(2-5-15)14-3-6-16(9-14)22-8-7-17(10-22)11-23-12-17/h1-2,4-5,14,16H,3,6-12H2/t14-,16?/m0/s1. The van der Waals surface area contributed by atoms with Crippen LogP contribution in [0.2, 0.25) is 0 Å². The molecule has 1 aromatic rings. The Morgan fingerprint density at radius 2 is 1.83 bits per heavy atom. The predicted octanol–water partition coefficient (Wildman–Crippen LogP) is 4.78. The lowest BCUT2D eigenvalue weighted by Crippen LogP contribution is -2.40. The molecule has 3 fully saturated rings. The summed E-state index contributed by atoms with van der Waals surface area (Å²) in [5.74, 6) is 3.06. The Hall–Kier alpha value is -0.680. The van der Waals surface area contributed by atoms with Gasteiger partial charge < -0.3 is 0 Å². The predicted molar refractivity (Wildman–Crippen MR) is 87.8 cm³/mol. The number of rotatable bonds is 2. The molecular weight excluding hydrogens is 319 g/mol. The smallest absolute Gasteiger partial charge is 0.300 e. The lowest BCUT2D eigenvalue weighted by atomic mass is 9.91. The maximum Gasteiger partial charge on any atom is 0.416 e. The van der Waals surface area contributed by atoms with Gasteiger partial charge in [-0.25, -0.2) is 0 Å². The molecule has 3 aliphatic rings. The van der Waals surface area contributed by atoms with Crippen molar-refractivity contribution in [3.05, 3.63) is 35.4 Å². The highest BCUT2D eigenvalue weighted by molar-refractivity contribution is 8.00. The van der Waals surface area contributed by atoms with E-state index in [9.17, 15) is 13.2 Å². The van der Waals surface area contributed by atoms with Crippen molar-refractivity contribution >= 4 is 11.8 Å². The monoisotopic (exact) mass is 341 g/mol. The highest BCUT2D eigenvalue weighted by atomic mass is 32.2. The first-order chi connectivity index (χ1) is 11.0. The van der Waals surface area contributed by atoms with Crippen LogP contribution in [0.5, 0.6) is 0 Å². The quantitative estimate of drug-likeness (QED) is 0.761. The number of hydrogen-bond donors (Lipinski definition) is 0. The van der Waals surface area contributed by atoms with Crippen LogP contribution in [0.25, 0.3) is 0 Å². The maximum absolute atomic E-state index is 12.7. The molecule has 1 aromatic carbocycles. The lowest BCUT2D eigenvalue weighted by Gasteiger charge is -2.38. The number of benzene rings is 1. The van der Waals surface area contributed by atoms with Crippen LogP contribution in [0.15, 0.2) is 24.3 Å². The second-order valence-electron chi connectivity index (χ2n) is 7.50. The first-order valence-electron chi connectivity index (χ1n) is 8.44. The van der Waals surface area contributed by atoms with Gasteiger partial charge in [-0.2, -0.15) is 24.9 Å². The molecular formula is C18H22F3NS. The molecule has 126 valence electrons. The molecule has 2 atom stereocenters. The van der Waals surface area contributed by atoms with E-state index in [0.717, 1.165) is 18.4 Å². The summed E-state index contributed by atoms with van der Waals surface area (Å²) in [6.45, 7) is 2.45. The average molecular weight is 341 g/mol. The molecule has 1 aliphatic carbocycles. The number of alkyl halides is 3. The Morgan fingerprint density at radius 3 is 2.39 bits per heavy atom. The Kier molecular flexibility index (Phi) is 3.92. The SMILES string of the molecule is FC(F)(F)c1ccc([C@H]2CCC(N3CCC4(CSC4)C3)C2)cc1. The summed E-state index contributed by atoms with van der Waals surface area (Å²) in [5.41, 5.74) is 1.13.